The Morgan fingerprint density at radius 1 is 0.958 bits per heavy atom. The van der Waals surface area contributed by atoms with E-state index in [2.05, 4.69) is 15.5 Å². The zero-order valence-corrected chi connectivity index (χ0v) is 27.4. The third kappa shape index (κ3) is 7.52. The van der Waals surface area contributed by atoms with E-state index < -0.39 is 34.8 Å². The number of nitrogens with zero attached hydrogens (tertiary/aromatic N) is 4. The van der Waals surface area contributed by atoms with Gasteiger partial charge in [-0.2, -0.15) is 13.2 Å². The van der Waals surface area contributed by atoms with Crippen LogP contribution in [0.3, 0.4) is 0 Å². The SMILES string of the molecule is O=C(C(Cc1ccc(C(F)(F)F)c(Cl)c1)[C@H]1CC(N2CCc3ccccc3NC2=O)CCN1C(=O)[O-])N1CCC(N2CCNCC2)CC1. The number of hydrogen-bond donors (Lipinski definition) is 2. The third-order valence-corrected chi connectivity index (χ3v) is 10.8. The molecule has 4 aliphatic rings. The zero-order chi connectivity index (χ0) is 34.0. The number of nitrogens with one attached hydrogen (secondary N) is 2. The van der Waals surface area contributed by atoms with E-state index in [4.69, 9.17) is 11.6 Å². The fourth-order valence-corrected chi connectivity index (χ4v) is 8.21. The van der Waals surface area contributed by atoms with E-state index >= 15 is 0 Å². The monoisotopic (exact) mass is 689 g/mol. The number of carbonyl (C=O) groups excluding carboxylic acids is 3. The molecule has 4 heterocycles. The van der Waals surface area contributed by atoms with Gasteiger partial charge in [0.1, 0.15) is 6.09 Å². The zero-order valence-electron chi connectivity index (χ0n) is 26.7. The van der Waals surface area contributed by atoms with Crippen molar-refractivity contribution in [3.8, 4) is 0 Å². The number of amides is 4. The van der Waals surface area contributed by atoms with Gasteiger partial charge in [0.15, 0.2) is 0 Å². The predicted octanol–water partition coefficient (Wildman–Crippen LogP) is 3.68. The largest absolute Gasteiger partial charge is 0.530 e. The molecule has 0 aromatic heterocycles. The minimum atomic E-state index is -4.64. The van der Waals surface area contributed by atoms with Crippen LogP contribution < -0.4 is 15.7 Å². The molecule has 2 aromatic carbocycles. The molecule has 0 aliphatic carbocycles. The van der Waals surface area contributed by atoms with Crippen LogP contribution in [0.4, 0.5) is 28.4 Å². The second-order valence-corrected chi connectivity index (χ2v) is 13.6. The van der Waals surface area contributed by atoms with Crippen molar-refractivity contribution in [1.29, 1.82) is 0 Å². The number of para-hydroxylation sites is 1. The predicted molar refractivity (Wildman–Crippen MR) is 172 cm³/mol. The fraction of sp³-hybridized carbons (Fsp3) is 0.559. The van der Waals surface area contributed by atoms with E-state index in [1.807, 2.05) is 24.3 Å². The molecule has 4 aliphatic heterocycles. The average Bonchev–Trinajstić information content (AvgIpc) is 3.24. The highest BCUT2D eigenvalue weighted by molar-refractivity contribution is 6.31. The maximum absolute atomic E-state index is 14.5. The van der Waals surface area contributed by atoms with Gasteiger partial charge in [-0.05, 0) is 67.9 Å². The molecule has 10 nitrogen and oxygen atoms in total. The van der Waals surface area contributed by atoms with Gasteiger partial charge in [-0.1, -0.05) is 35.9 Å². The van der Waals surface area contributed by atoms with Crippen molar-refractivity contribution in [3.63, 3.8) is 0 Å². The maximum Gasteiger partial charge on any atom is 0.417 e. The molecule has 4 amide bonds. The molecule has 0 spiro atoms. The van der Waals surface area contributed by atoms with Crippen LogP contribution in [0.25, 0.3) is 0 Å². The van der Waals surface area contributed by atoms with Gasteiger partial charge in [0, 0.05) is 76.2 Å². The number of alkyl halides is 3. The standard InChI is InChI=1S/C34H42ClF3N6O4/c35-28-20-22(5-6-27(28)34(36,37)38)19-26(31(45)42-13-8-24(9-14-42)41-17-11-39-12-18-41)30-21-25(10-16-44(30)33(47)48)43-15-7-23-3-1-2-4-29(23)40-32(43)46/h1-6,20,24-26,30,39H,7-19,21H2,(H,40,46)(H,47,48)/p-1/t25?,26?,30-/m1/s1. The highest BCUT2D eigenvalue weighted by atomic mass is 35.5. The van der Waals surface area contributed by atoms with Crippen LogP contribution in [0.15, 0.2) is 42.5 Å². The summed E-state index contributed by atoms with van der Waals surface area (Å²) >= 11 is 6.08. The van der Waals surface area contributed by atoms with Gasteiger partial charge in [0.2, 0.25) is 5.91 Å². The van der Waals surface area contributed by atoms with Crippen LogP contribution in [-0.4, -0.2) is 108 Å². The number of likely N-dealkylation sites (tertiary alicyclic amines) is 2. The quantitative estimate of drug-likeness (QED) is 0.479. The Morgan fingerprint density at radius 3 is 2.35 bits per heavy atom. The molecule has 0 saturated carbocycles. The molecule has 2 aromatic rings. The molecule has 3 saturated heterocycles. The summed E-state index contributed by atoms with van der Waals surface area (Å²) in [5, 5.41) is 18.4. The molecule has 6 rings (SSSR count). The summed E-state index contributed by atoms with van der Waals surface area (Å²) < 4.78 is 40.5. The van der Waals surface area contributed by atoms with Crippen LogP contribution in [0.5, 0.6) is 0 Å². The Balaban J connectivity index is 1.27. The highest BCUT2D eigenvalue weighted by Crippen LogP contribution is 2.37. The lowest BCUT2D eigenvalue weighted by Crippen LogP contribution is -2.61. The van der Waals surface area contributed by atoms with Crippen molar-refractivity contribution < 1.29 is 32.7 Å². The number of carbonyl (C=O) groups is 3. The molecule has 2 N–H and O–H groups in total. The first-order chi connectivity index (χ1) is 23.0. The molecular weight excluding hydrogens is 649 g/mol. The number of benzene rings is 2. The molecular formula is C34H41ClF3N6O4-. The van der Waals surface area contributed by atoms with Gasteiger partial charge >= 0.3 is 12.2 Å². The lowest BCUT2D eigenvalue weighted by molar-refractivity contribution is -0.270. The van der Waals surface area contributed by atoms with Crippen LogP contribution in [0.1, 0.15) is 42.4 Å². The normalized spacial score (nSPS) is 23.7. The summed E-state index contributed by atoms with van der Waals surface area (Å²) in [6.45, 7) is 5.16. The van der Waals surface area contributed by atoms with Crippen molar-refractivity contribution in [2.45, 2.75) is 62.8 Å². The van der Waals surface area contributed by atoms with Gasteiger partial charge < -0.3 is 35.2 Å². The molecule has 2 unspecified atom stereocenters. The topological polar surface area (TPSA) is 111 Å². The summed E-state index contributed by atoms with van der Waals surface area (Å²) in [5.74, 6) is -1.18. The van der Waals surface area contributed by atoms with Gasteiger partial charge in [0.25, 0.3) is 0 Å². The number of piperazine rings is 1. The molecule has 14 heteroatoms. The van der Waals surface area contributed by atoms with E-state index in [1.54, 1.807) is 9.80 Å². The minimum absolute atomic E-state index is 0.0206. The number of anilines is 1. The fourth-order valence-electron chi connectivity index (χ4n) is 7.90. The average molecular weight is 690 g/mol. The summed E-state index contributed by atoms with van der Waals surface area (Å²) in [6.07, 6.45) is -3.39. The van der Waals surface area contributed by atoms with Gasteiger partial charge in [-0.25, -0.2) is 4.79 Å². The van der Waals surface area contributed by atoms with Crippen LogP contribution in [-0.2, 0) is 23.8 Å². The van der Waals surface area contributed by atoms with Crippen molar-refractivity contribution in [2.24, 2.45) is 5.92 Å². The number of halogens is 4. The Bertz CT molecular complexity index is 1500. The first kappa shape index (κ1) is 34.3. The number of piperidine rings is 2. The van der Waals surface area contributed by atoms with Gasteiger partial charge in [0.05, 0.1) is 16.5 Å². The van der Waals surface area contributed by atoms with E-state index in [0.29, 0.717) is 44.1 Å². The van der Waals surface area contributed by atoms with Crippen molar-refractivity contribution in [3.05, 3.63) is 64.2 Å². The van der Waals surface area contributed by atoms with E-state index in [-0.39, 0.29) is 37.4 Å². The first-order valence-corrected chi connectivity index (χ1v) is 17.1. The van der Waals surface area contributed by atoms with Crippen molar-refractivity contribution >= 4 is 35.3 Å². The molecule has 260 valence electrons. The lowest BCUT2D eigenvalue weighted by Gasteiger charge is -2.48. The number of urea groups is 1. The van der Waals surface area contributed by atoms with E-state index in [0.717, 1.165) is 56.3 Å². The second-order valence-electron chi connectivity index (χ2n) is 13.2. The van der Waals surface area contributed by atoms with E-state index in [1.165, 1.54) is 17.0 Å². The molecule has 0 bridgehead atoms. The molecule has 3 atom stereocenters. The molecule has 3 fully saturated rings. The van der Waals surface area contributed by atoms with Crippen molar-refractivity contribution in [2.75, 3.05) is 57.7 Å². The number of fused-ring (bicyclic) bond motifs is 1. The van der Waals surface area contributed by atoms with Crippen LogP contribution in [0.2, 0.25) is 5.02 Å². The second kappa shape index (κ2) is 14.5. The summed E-state index contributed by atoms with van der Waals surface area (Å²) in [4.78, 5) is 47.5. The third-order valence-electron chi connectivity index (χ3n) is 10.5. The van der Waals surface area contributed by atoms with Crippen molar-refractivity contribution in [1.82, 2.24) is 24.9 Å². The number of hydrogen-bond acceptors (Lipinski definition) is 6. The molecule has 48 heavy (non-hydrogen) atoms. The Hall–Kier alpha value is -3.55. The lowest BCUT2D eigenvalue weighted by atomic mass is 9.82. The van der Waals surface area contributed by atoms with Gasteiger partial charge in [-0.15, -0.1) is 0 Å². The maximum atomic E-state index is 14.5. The van der Waals surface area contributed by atoms with Crippen LogP contribution >= 0.6 is 11.6 Å². The smallest absolute Gasteiger partial charge is 0.417 e. The van der Waals surface area contributed by atoms with E-state index in [9.17, 15) is 32.7 Å². The summed E-state index contributed by atoms with van der Waals surface area (Å²) in [6, 6.07) is 9.77. The first-order valence-electron chi connectivity index (χ1n) is 16.7. The summed E-state index contributed by atoms with van der Waals surface area (Å²) in [5.41, 5.74) is 1.14. The Labute approximate surface area is 283 Å². The van der Waals surface area contributed by atoms with Gasteiger partial charge in [-0.3, -0.25) is 9.69 Å². The van der Waals surface area contributed by atoms with Crippen LogP contribution in [0, 0.1) is 5.92 Å². The summed E-state index contributed by atoms with van der Waals surface area (Å²) in [7, 11) is 0. The minimum Gasteiger partial charge on any atom is -0.530 e. The molecule has 0 radical (unpaired) electrons. The highest BCUT2D eigenvalue weighted by Gasteiger charge is 2.43. The Kier molecular flexibility index (Phi) is 10.4. The number of carboxylic acid groups (broad SMARTS) is 1. The Morgan fingerprint density at radius 2 is 1.67 bits per heavy atom. The number of rotatable bonds is 6.